The van der Waals surface area contributed by atoms with Gasteiger partial charge in [0, 0.05) is 33.1 Å². The highest BCUT2D eigenvalue weighted by atomic mass is 16.2. The first-order valence-electron chi connectivity index (χ1n) is 8.97. The lowest BCUT2D eigenvalue weighted by Crippen LogP contribution is -2.49. The zero-order valence-electron chi connectivity index (χ0n) is 15.3. The smallest absolute Gasteiger partial charge is 0.219 e. The quantitative estimate of drug-likeness (QED) is 0.577. The topological polar surface area (TPSA) is 85.4 Å². The number of aliphatic imine (C=N–C) groups is 1. The largest absolute Gasteiger partial charge is 0.354 e. The van der Waals surface area contributed by atoms with Crippen molar-refractivity contribution in [1.29, 1.82) is 0 Å². The SMILES string of the molecule is CN=C(NCc1ncc(-c2ccccc2)[nH]1)NC1CCN(C(C)=O)CC1. The summed E-state index contributed by atoms with van der Waals surface area (Å²) in [4.78, 5) is 25.3. The molecule has 1 aromatic heterocycles. The number of likely N-dealkylation sites (tertiary alicyclic amines) is 1. The van der Waals surface area contributed by atoms with Crippen LogP contribution in [0.2, 0.25) is 0 Å². The average molecular weight is 354 g/mol. The van der Waals surface area contributed by atoms with Crippen molar-refractivity contribution in [2.45, 2.75) is 32.4 Å². The summed E-state index contributed by atoms with van der Waals surface area (Å²) in [5.74, 6) is 1.76. The van der Waals surface area contributed by atoms with Crippen LogP contribution in [-0.2, 0) is 11.3 Å². The highest BCUT2D eigenvalue weighted by Gasteiger charge is 2.21. The molecule has 0 aliphatic carbocycles. The van der Waals surface area contributed by atoms with Crippen LogP contribution in [0.15, 0.2) is 41.5 Å². The number of benzene rings is 1. The minimum Gasteiger partial charge on any atom is -0.354 e. The number of guanidine groups is 1. The lowest BCUT2D eigenvalue weighted by Gasteiger charge is -2.32. The molecule has 2 heterocycles. The van der Waals surface area contributed by atoms with E-state index in [-0.39, 0.29) is 5.91 Å². The Labute approximate surface area is 153 Å². The first-order valence-corrected chi connectivity index (χ1v) is 8.97. The highest BCUT2D eigenvalue weighted by molar-refractivity contribution is 5.80. The lowest BCUT2D eigenvalue weighted by atomic mass is 10.1. The zero-order chi connectivity index (χ0) is 18.4. The number of rotatable bonds is 4. The van der Waals surface area contributed by atoms with Crippen LogP contribution in [-0.4, -0.2) is 52.9 Å². The molecule has 0 bridgehead atoms. The molecule has 1 fully saturated rings. The summed E-state index contributed by atoms with van der Waals surface area (Å²) in [5.41, 5.74) is 2.12. The van der Waals surface area contributed by atoms with Crippen LogP contribution >= 0.6 is 0 Å². The molecule has 0 atom stereocenters. The summed E-state index contributed by atoms with van der Waals surface area (Å²) in [6, 6.07) is 10.5. The standard InChI is InChI=1S/C19H26N6O/c1-14(26)25-10-8-16(9-11-25)23-19(20-2)22-13-18-21-12-17(24-18)15-6-4-3-5-7-15/h3-7,12,16H,8-11,13H2,1-2H3,(H,21,24)(H2,20,22,23). The first kappa shape index (κ1) is 18.0. The summed E-state index contributed by atoms with van der Waals surface area (Å²) in [6.45, 7) is 3.78. The summed E-state index contributed by atoms with van der Waals surface area (Å²) in [6.07, 6.45) is 3.71. The average Bonchev–Trinajstić information content (AvgIpc) is 3.15. The van der Waals surface area contributed by atoms with Gasteiger partial charge in [-0.3, -0.25) is 9.79 Å². The third-order valence-electron chi connectivity index (χ3n) is 4.64. The Kier molecular flexibility index (Phi) is 5.88. The van der Waals surface area contributed by atoms with Gasteiger partial charge in [-0.25, -0.2) is 4.98 Å². The van der Waals surface area contributed by atoms with Crippen LogP contribution in [0.5, 0.6) is 0 Å². The Balaban J connectivity index is 1.49. The van der Waals surface area contributed by atoms with E-state index in [1.54, 1.807) is 14.0 Å². The van der Waals surface area contributed by atoms with Crippen molar-refractivity contribution in [3.8, 4) is 11.3 Å². The predicted molar refractivity (Wildman–Crippen MR) is 103 cm³/mol. The van der Waals surface area contributed by atoms with E-state index in [1.165, 1.54) is 0 Å². The maximum atomic E-state index is 11.4. The molecule has 138 valence electrons. The van der Waals surface area contributed by atoms with Crippen LogP contribution in [0, 0.1) is 0 Å². The number of carbonyl (C=O) groups excluding carboxylic acids is 1. The zero-order valence-corrected chi connectivity index (χ0v) is 15.3. The second-order valence-corrected chi connectivity index (χ2v) is 6.46. The van der Waals surface area contributed by atoms with Crippen LogP contribution in [0.4, 0.5) is 0 Å². The molecule has 3 rings (SSSR count). The number of hydrogen-bond donors (Lipinski definition) is 3. The van der Waals surface area contributed by atoms with Crippen molar-refractivity contribution in [3.63, 3.8) is 0 Å². The Morgan fingerprint density at radius 2 is 2.04 bits per heavy atom. The minimum absolute atomic E-state index is 0.151. The molecular weight excluding hydrogens is 328 g/mol. The summed E-state index contributed by atoms with van der Waals surface area (Å²) < 4.78 is 0. The molecule has 1 aromatic carbocycles. The van der Waals surface area contributed by atoms with Crippen molar-refractivity contribution in [1.82, 2.24) is 25.5 Å². The summed E-state index contributed by atoms with van der Waals surface area (Å²) in [5, 5.41) is 6.73. The Morgan fingerprint density at radius 3 is 2.69 bits per heavy atom. The second-order valence-electron chi connectivity index (χ2n) is 6.46. The molecule has 26 heavy (non-hydrogen) atoms. The van der Waals surface area contributed by atoms with Crippen molar-refractivity contribution >= 4 is 11.9 Å². The fourth-order valence-electron chi connectivity index (χ4n) is 3.11. The predicted octanol–water partition coefficient (Wildman–Crippen LogP) is 1.75. The number of nitrogens with one attached hydrogen (secondary N) is 3. The number of amides is 1. The van der Waals surface area contributed by atoms with E-state index in [0.29, 0.717) is 12.6 Å². The molecule has 7 nitrogen and oxygen atoms in total. The molecule has 1 amide bonds. The van der Waals surface area contributed by atoms with Crippen LogP contribution in [0.1, 0.15) is 25.6 Å². The fourth-order valence-corrected chi connectivity index (χ4v) is 3.11. The molecule has 0 unspecified atom stereocenters. The maximum Gasteiger partial charge on any atom is 0.219 e. The minimum atomic E-state index is 0.151. The third-order valence-corrected chi connectivity index (χ3v) is 4.64. The van der Waals surface area contributed by atoms with Gasteiger partial charge in [-0.2, -0.15) is 0 Å². The number of aromatic nitrogens is 2. The lowest BCUT2D eigenvalue weighted by molar-refractivity contribution is -0.129. The number of aromatic amines is 1. The number of hydrogen-bond acceptors (Lipinski definition) is 3. The van der Waals surface area contributed by atoms with E-state index < -0.39 is 0 Å². The van der Waals surface area contributed by atoms with Gasteiger partial charge < -0.3 is 20.5 Å². The third kappa shape index (κ3) is 4.62. The fraction of sp³-hybridized carbons (Fsp3) is 0.421. The van der Waals surface area contributed by atoms with E-state index in [4.69, 9.17) is 0 Å². The molecule has 1 aliphatic rings. The first-order chi connectivity index (χ1) is 12.7. The Morgan fingerprint density at radius 1 is 1.31 bits per heavy atom. The maximum absolute atomic E-state index is 11.4. The van der Waals surface area contributed by atoms with Gasteiger partial charge >= 0.3 is 0 Å². The van der Waals surface area contributed by atoms with Gasteiger partial charge in [-0.15, -0.1) is 0 Å². The van der Waals surface area contributed by atoms with E-state index >= 15 is 0 Å². The summed E-state index contributed by atoms with van der Waals surface area (Å²) >= 11 is 0. The van der Waals surface area contributed by atoms with Gasteiger partial charge in [-0.1, -0.05) is 30.3 Å². The molecule has 0 saturated carbocycles. The van der Waals surface area contributed by atoms with E-state index in [0.717, 1.165) is 49.0 Å². The van der Waals surface area contributed by atoms with E-state index in [9.17, 15) is 4.79 Å². The number of piperidine rings is 1. The Hall–Kier alpha value is -2.83. The van der Waals surface area contributed by atoms with Crippen LogP contribution < -0.4 is 10.6 Å². The normalized spacial score (nSPS) is 15.8. The van der Waals surface area contributed by atoms with Crippen molar-refractivity contribution < 1.29 is 4.79 Å². The van der Waals surface area contributed by atoms with Crippen molar-refractivity contribution in [2.75, 3.05) is 20.1 Å². The van der Waals surface area contributed by atoms with Gasteiger partial charge in [0.25, 0.3) is 0 Å². The molecule has 7 heteroatoms. The van der Waals surface area contributed by atoms with E-state index in [2.05, 4.69) is 37.7 Å². The van der Waals surface area contributed by atoms with Gasteiger partial charge in [0.1, 0.15) is 5.82 Å². The van der Waals surface area contributed by atoms with Gasteiger partial charge in [0.2, 0.25) is 5.91 Å². The molecule has 3 N–H and O–H groups in total. The van der Waals surface area contributed by atoms with E-state index in [1.807, 2.05) is 29.3 Å². The second kappa shape index (κ2) is 8.51. The molecular formula is C19H26N6O. The van der Waals surface area contributed by atoms with Gasteiger partial charge in [0.15, 0.2) is 5.96 Å². The molecule has 2 aromatic rings. The summed E-state index contributed by atoms with van der Waals surface area (Å²) in [7, 11) is 1.76. The molecule has 0 spiro atoms. The van der Waals surface area contributed by atoms with Crippen LogP contribution in [0.3, 0.4) is 0 Å². The van der Waals surface area contributed by atoms with Crippen molar-refractivity contribution in [3.05, 3.63) is 42.4 Å². The number of carbonyl (C=O) groups is 1. The Bertz CT molecular complexity index is 746. The molecule has 0 radical (unpaired) electrons. The van der Waals surface area contributed by atoms with Crippen LogP contribution in [0.25, 0.3) is 11.3 Å². The monoisotopic (exact) mass is 354 g/mol. The van der Waals surface area contributed by atoms with Gasteiger partial charge in [0.05, 0.1) is 18.4 Å². The highest BCUT2D eigenvalue weighted by Crippen LogP contribution is 2.16. The van der Waals surface area contributed by atoms with Gasteiger partial charge in [-0.05, 0) is 18.4 Å². The number of imidazole rings is 1. The molecule has 1 aliphatic heterocycles. The number of H-pyrrole nitrogens is 1. The molecule has 1 saturated heterocycles. The number of nitrogens with zero attached hydrogens (tertiary/aromatic N) is 3. The van der Waals surface area contributed by atoms with Crippen molar-refractivity contribution in [2.24, 2.45) is 4.99 Å².